The number of rotatable bonds is 1. The molecule has 15 heavy (non-hydrogen) atoms. The first kappa shape index (κ1) is 9.48. The molecule has 0 aliphatic carbocycles. The van der Waals surface area contributed by atoms with Crippen molar-refractivity contribution in [3.8, 4) is 11.3 Å². The summed E-state index contributed by atoms with van der Waals surface area (Å²) in [4.78, 5) is 4.64. The average molecular weight is 281 g/mol. The van der Waals surface area contributed by atoms with Gasteiger partial charge in [-0.25, -0.2) is 4.98 Å². The molecule has 2 nitrogen and oxygen atoms in total. The maximum atomic E-state index is 4.64. The number of nitrogens with zero attached hydrogens (tertiary/aromatic N) is 2. The van der Waals surface area contributed by atoms with Crippen LogP contribution >= 0.6 is 27.7 Å². The highest BCUT2D eigenvalue weighted by Gasteiger charge is 2.20. The zero-order chi connectivity index (χ0) is 10.3. The molecule has 0 saturated heterocycles. The molecule has 76 valence electrons. The molecular formula is C11H9BrN2S. The van der Waals surface area contributed by atoms with E-state index in [0.717, 1.165) is 27.8 Å². The first-order valence-electron chi connectivity index (χ1n) is 4.80. The number of halogens is 1. The van der Waals surface area contributed by atoms with E-state index in [2.05, 4.69) is 37.6 Å². The first-order valence-corrected chi connectivity index (χ1v) is 6.58. The summed E-state index contributed by atoms with van der Waals surface area (Å²) in [7, 11) is 0. The summed E-state index contributed by atoms with van der Waals surface area (Å²) in [5.41, 5.74) is 2.23. The Balaban J connectivity index is 2.14. The van der Waals surface area contributed by atoms with Gasteiger partial charge in [-0.15, -0.1) is 0 Å². The van der Waals surface area contributed by atoms with Crippen LogP contribution in [0.3, 0.4) is 0 Å². The fourth-order valence-corrected chi connectivity index (χ4v) is 3.46. The van der Waals surface area contributed by atoms with E-state index in [-0.39, 0.29) is 0 Å². The minimum atomic E-state index is 1.05. The van der Waals surface area contributed by atoms with Crippen molar-refractivity contribution >= 4 is 27.7 Å². The van der Waals surface area contributed by atoms with Crippen LogP contribution in [0.5, 0.6) is 0 Å². The Morgan fingerprint density at radius 3 is 2.80 bits per heavy atom. The van der Waals surface area contributed by atoms with Crippen molar-refractivity contribution in [1.29, 1.82) is 0 Å². The molecule has 0 bridgehead atoms. The maximum Gasteiger partial charge on any atom is 0.169 e. The fourth-order valence-electron chi connectivity index (χ4n) is 1.73. The van der Waals surface area contributed by atoms with Crippen LogP contribution in [0.4, 0.5) is 0 Å². The zero-order valence-electron chi connectivity index (χ0n) is 7.98. The molecule has 3 rings (SSSR count). The van der Waals surface area contributed by atoms with Crippen LogP contribution in [-0.2, 0) is 6.54 Å². The molecule has 1 aliphatic heterocycles. The lowest BCUT2D eigenvalue weighted by Gasteiger charge is -1.99. The predicted octanol–water partition coefficient (Wildman–Crippen LogP) is 3.42. The van der Waals surface area contributed by atoms with Gasteiger partial charge in [-0.1, -0.05) is 42.1 Å². The normalized spacial score (nSPS) is 14.2. The van der Waals surface area contributed by atoms with Crippen LogP contribution in [0.25, 0.3) is 11.3 Å². The largest absolute Gasteiger partial charge is 0.312 e. The molecule has 2 heterocycles. The molecule has 0 atom stereocenters. The lowest BCUT2D eigenvalue weighted by atomic mass is 10.2. The van der Waals surface area contributed by atoms with Gasteiger partial charge in [0.15, 0.2) is 5.16 Å². The van der Waals surface area contributed by atoms with E-state index in [1.165, 1.54) is 5.56 Å². The highest BCUT2D eigenvalue weighted by molar-refractivity contribution is 9.10. The smallest absolute Gasteiger partial charge is 0.169 e. The van der Waals surface area contributed by atoms with Crippen LogP contribution in [-0.4, -0.2) is 15.3 Å². The van der Waals surface area contributed by atoms with E-state index in [1.54, 1.807) is 0 Å². The highest BCUT2D eigenvalue weighted by Crippen LogP contribution is 2.35. The van der Waals surface area contributed by atoms with Gasteiger partial charge in [-0.2, -0.15) is 0 Å². The molecule has 0 fully saturated rings. The fraction of sp³-hybridized carbons (Fsp3) is 0.182. The molecular weight excluding hydrogens is 272 g/mol. The number of hydrogen-bond donors (Lipinski definition) is 0. The van der Waals surface area contributed by atoms with E-state index in [0.29, 0.717) is 0 Å². The van der Waals surface area contributed by atoms with Crippen molar-refractivity contribution < 1.29 is 0 Å². The van der Waals surface area contributed by atoms with Crippen LogP contribution in [0.1, 0.15) is 0 Å². The summed E-state index contributed by atoms with van der Waals surface area (Å²) in [6.07, 6.45) is 0. The van der Waals surface area contributed by atoms with E-state index >= 15 is 0 Å². The van der Waals surface area contributed by atoms with Crippen molar-refractivity contribution in [1.82, 2.24) is 9.55 Å². The summed E-state index contributed by atoms with van der Waals surface area (Å²) < 4.78 is 3.33. The number of fused-ring (bicyclic) bond motifs is 1. The highest BCUT2D eigenvalue weighted by atomic mass is 79.9. The quantitative estimate of drug-likeness (QED) is 0.797. The molecule has 0 saturated carbocycles. The summed E-state index contributed by atoms with van der Waals surface area (Å²) in [6, 6.07) is 10.3. The SMILES string of the molecule is Brc1c(-c2ccccc2)nc2n1CCS2. The van der Waals surface area contributed by atoms with Gasteiger partial charge in [-0.3, -0.25) is 0 Å². The van der Waals surface area contributed by atoms with Gasteiger partial charge in [0.25, 0.3) is 0 Å². The molecule has 0 N–H and O–H groups in total. The first-order chi connectivity index (χ1) is 7.36. The number of aromatic nitrogens is 2. The standard InChI is InChI=1S/C11H9BrN2S/c12-10-9(8-4-2-1-3-5-8)13-11-14(10)6-7-15-11/h1-5H,6-7H2. The van der Waals surface area contributed by atoms with Crippen molar-refractivity contribution in [2.75, 3.05) is 5.75 Å². The maximum absolute atomic E-state index is 4.64. The summed E-state index contributed by atoms with van der Waals surface area (Å²) in [5, 5.41) is 1.13. The van der Waals surface area contributed by atoms with Gasteiger partial charge in [-0.05, 0) is 15.9 Å². The van der Waals surface area contributed by atoms with E-state index in [9.17, 15) is 0 Å². The van der Waals surface area contributed by atoms with Gasteiger partial charge < -0.3 is 4.57 Å². The molecule has 0 amide bonds. The predicted molar refractivity (Wildman–Crippen MR) is 66.1 cm³/mol. The number of hydrogen-bond acceptors (Lipinski definition) is 2. The van der Waals surface area contributed by atoms with Gasteiger partial charge in [0.2, 0.25) is 0 Å². The van der Waals surface area contributed by atoms with Crippen LogP contribution in [0.2, 0.25) is 0 Å². The van der Waals surface area contributed by atoms with Crippen molar-refractivity contribution in [2.45, 2.75) is 11.7 Å². The molecule has 1 aliphatic rings. The monoisotopic (exact) mass is 280 g/mol. The average Bonchev–Trinajstić information content (AvgIpc) is 2.83. The zero-order valence-corrected chi connectivity index (χ0v) is 10.4. The topological polar surface area (TPSA) is 17.8 Å². The lowest BCUT2D eigenvalue weighted by molar-refractivity contribution is 0.705. The van der Waals surface area contributed by atoms with E-state index < -0.39 is 0 Å². The second-order valence-corrected chi connectivity index (χ2v) is 5.21. The van der Waals surface area contributed by atoms with E-state index in [4.69, 9.17) is 0 Å². The van der Waals surface area contributed by atoms with Gasteiger partial charge in [0.05, 0.1) is 0 Å². The van der Waals surface area contributed by atoms with Gasteiger partial charge in [0, 0.05) is 17.9 Å². The molecule has 4 heteroatoms. The van der Waals surface area contributed by atoms with Crippen LogP contribution in [0, 0.1) is 0 Å². The molecule has 2 aromatic rings. The van der Waals surface area contributed by atoms with E-state index in [1.807, 2.05) is 30.0 Å². The Morgan fingerprint density at radius 2 is 2.07 bits per heavy atom. The summed E-state index contributed by atoms with van der Waals surface area (Å²) >= 11 is 5.45. The number of benzene rings is 1. The van der Waals surface area contributed by atoms with Crippen LogP contribution < -0.4 is 0 Å². The Labute approximate surface area is 101 Å². The van der Waals surface area contributed by atoms with Crippen LogP contribution in [0.15, 0.2) is 40.1 Å². The second kappa shape index (κ2) is 3.68. The molecule has 0 radical (unpaired) electrons. The number of thioether (sulfide) groups is 1. The molecule has 1 aromatic carbocycles. The Kier molecular flexibility index (Phi) is 2.33. The Morgan fingerprint density at radius 1 is 1.27 bits per heavy atom. The van der Waals surface area contributed by atoms with Crippen molar-refractivity contribution in [3.05, 3.63) is 34.9 Å². The summed E-state index contributed by atoms with van der Waals surface area (Å²) in [5.74, 6) is 1.13. The van der Waals surface area contributed by atoms with Crippen molar-refractivity contribution in [3.63, 3.8) is 0 Å². The number of imidazole rings is 1. The lowest BCUT2D eigenvalue weighted by Crippen LogP contribution is -1.92. The third-order valence-corrected chi connectivity index (χ3v) is 4.22. The Hall–Kier alpha value is -0.740. The van der Waals surface area contributed by atoms with Crippen molar-refractivity contribution in [2.24, 2.45) is 0 Å². The van der Waals surface area contributed by atoms with Gasteiger partial charge >= 0.3 is 0 Å². The minimum absolute atomic E-state index is 1.05. The molecule has 1 aromatic heterocycles. The van der Waals surface area contributed by atoms with Gasteiger partial charge in [0.1, 0.15) is 10.3 Å². The molecule has 0 unspecified atom stereocenters. The third-order valence-electron chi connectivity index (χ3n) is 2.46. The second-order valence-electron chi connectivity index (χ2n) is 3.40. The minimum Gasteiger partial charge on any atom is -0.312 e. The Bertz CT molecular complexity index is 493. The summed E-state index contributed by atoms with van der Waals surface area (Å²) in [6.45, 7) is 1.06. The third kappa shape index (κ3) is 1.52. The molecule has 0 spiro atoms.